The number of piperazine rings is 1. The Kier molecular flexibility index (Phi) is 5.54. The Hall–Kier alpha value is -2.89. The van der Waals surface area contributed by atoms with Gasteiger partial charge in [0.05, 0.1) is 17.1 Å². The van der Waals surface area contributed by atoms with Crippen molar-refractivity contribution in [1.29, 1.82) is 0 Å². The highest BCUT2D eigenvalue weighted by atomic mass is 32.2. The molecule has 1 unspecified atom stereocenters. The van der Waals surface area contributed by atoms with Gasteiger partial charge < -0.3 is 15.5 Å². The van der Waals surface area contributed by atoms with Gasteiger partial charge in [0.2, 0.25) is 0 Å². The SMILES string of the molecule is CN1CCN(CC2=CCC(c3cc(NC4CC4)n4ncc(/C=C5\NC(=O)NC5=O)c4n3)S2)CC1. The maximum absolute atomic E-state index is 12.0. The van der Waals surface area contributed by atoms with Crippen LogP contribution in [0.1, 0.15) is 35.8 Å². The number of allylic oxidation sites excluding steroid dienone is 1. The Morgan fingerprint density at radius 1 is 1.21 bits per heavy atom. The summed E-state index contributed by atoms with van der Waals surface area (Å²) >= 11 is 1.90. The average molecular weight is 481 g/mol. The number of imide groups is 1. The van der Waals surface area contributed by atoms with Crippen molar-refractivity contribution in [3.05, 3.63) is 40.2 Å². The summed E-state index contributed by atoms with van der Waals surface area (Å²) in [5.74, 6) is 0.473. The average Bonchev–Trinajstić information content (AvgIpc) is 3.20. The van der Waals surface area contributed by atoms with Crippen molar-refractivity contribution in [1.82, 2.24) is 35.0 Å². The number of nitrogens with zero attached hydrogens (tertiary/aromatic N) is 5. The van der Waals surface area contributed by atoms with Crippen molar-refractivity contribution in [3.8, 4) is 0 Å². The molecular formula is C23H28N8O2S. The number of likely N-dealkylation sites (N-methyl/N-ethyl adjacent to an activating group) is 1. The molecule has 34 heavy (non-hydrogen) atoms. The molecule has 3 fully saturated rings. The molecule has 1 atom stereocenters. The smallest absolute Gasteiger partial charge is 0.326 e. The summed E-state index contributed by atoms with van der Waals surface area (Å²) in [6, 6.07) is 2.06. The Balaban J connectivity index is 1.26. The minimum Gasteiger partial charge on any atom is -0.367 e. The van der Waals surface area contributed by atoms with Crippen LogP contribution >= 0.6 is 11.8 Å². The lowest BCUT2D eigenvalue weighted by atomic mass is 10.2. The van der Waals surface area contributed by atoms with Gasteiger partial charge in [-0.15, -0.1) is 11.8 Å². The minimum atomic E-state index is -0.515. The summed E-state index contributed by atoms with van der Waals surface area (Å²) in [6.45, 7) is 5.46. The van der Waals surface area contributed by atoms with Crippen LogP contribution in [-0.2, 0) is 4.79 Å². The third kappa shape index (κ3) is 4.42. The van der Waals surface area contributed by atoms with E-state index in [9.17, 15) is 9.59 Å². The molecule has 5 heterocycles. The number of hydrogen-bond donors (Lipinski definition) is 3. The van der Waals surface area contributed by atoms with Crippen LogP contribution in [-0.4, -0.2) is 82.1 Å². The molecular weight excluding hydrogens is 452 g/mol. The van der Waals surface area contributed by atoms with E-state index in [-0.39, 0.29) is 10.9 Å². The van der Waals surface area contributed by atoms with E-state index in [1.807, 2.05) is 11.8 Å². The van der Waals surface area contributed by atoms with Crippen molar-refractivity contribution in [2.45, 2.75) is 30.6 Å². The summed E-state index contributed by atoms with van der Waals surface area (Å²) in [5, 5.41) is 13.1. The first kappa shape index (κ1) is 21.6. The van der Waals surface area contributed by atoms with Crippen LogP contribution in [0.2, 0.25) is 0 Å². The third-order valence-corrected chi connectivity index (χ3v) is 7.94. The Morgan fingerprint density at radius 2 is 2.03 bits per heavy atom. The van der Waals surface area contributed by atoms with Crippen LogP contribution in [0.3, 0.4) is 0 Å². The second-order valence-corrected chi connectivity index (χ2v) is 10.7. The van der Waals surface area contributed by atoms with Crippen molar-refractivity contribution < 1.29 is 9.59 Å². The number of rotatable bonds is 6. The van der Waals surface area contributed by atoms with Crippen LogP contribution in [0.4, 0.5) is 10.6 Å². The van der Waals surface area contributed by atoms with Gasteiger partial charge in [-0.05, 0) is 37.3 Å². The van der Waals surface area contributed by atoms with E-state index in [1.54, 1.807) is 16.8 Å². The van der Waals surface area contributed by atoms with E-state index in [0.717, 1.165) is 63.5 Å². The molecule has 1 aliphatic carbocycles. The number of hydrogen-bond acceptors (Lipinski definition) is 8. The highest BCUT2D eigenvalue weighted by Crippen LogP contribution is 2.44. The van der Waals surface area contributed by atoms with E-state index in [0.29, 0.717) is 17.3 Å². The standard InChI is InChI=1S/C23H28N8O2S/c1-29-6-8-30(9-7-29)13-16-4-5-19(34-16)17-11-20(25-15-2-3-15)31-21(26-17)14(12-24-31)10-18-22(32)28-23(33)27-18/h4,10-12,15,19,25H,2-3,5-9,13H2,1H3,(H2,27,28,32,33)/b18-10-. The lowest BCUT2D eigenvalue weighted by Gasteiger charge is -2.32. The lowest BCUT2D eigenvalue weighted by Crippen LogP contribution is -2.44. The van der Waals surface area contributed by atoms with Crippen molar-refractivity contribution >= 4 is 41.2 Å². The normalized spacial score (nSPS) is 25.1. The van der Waals surface area contributed by atoms with Crippen LogP contribution in [0.15, 0.2) is 28.9 Å². The van der Waals surface area contributed by atoms with Gasteiger partial charge in [-0.2, -0.15) is 9.61 Å². The summed E-state index contributed by atoms with van der Waals surface area (Å²) in [6.07, 6.45) is 8.93. The number of anilines is 1. The molecule has 0 radical (unpaired) electrons. The number of nitrogens with one attached hydrogen (secondary N) is 3. The Bertz CT molecular complexity index is 1210. The molecule has 11 heteroatoms. The summed E-state index contributed by atoms with van der Waals surface area (Å²) in [4.78, 5) is 34.8. The highest BCUT2D eigenvalue weighted by molar-refractivity contribution is 8.03. The molecule has 2 aromatic rings. The molecule has 0 aromatic carbocycles. The zero-order chi connectivity index (χ0) is 23.2. The van der Waals surface area contributed by atoms with Crippen LogP contribution in [0.25, 0.3) is 11.7 Å². The fourth-order valence-electron chi connectivity index (χ4n) is 4.47. The monoisotopic (exact) mass is 480 g/mol. The number of thioether (sulfide) groups is 1. The number of carbonyl (C=O) groups is 2. The molecule has 6 rings (SSSR count). The van der Waals surface area contributed by atoms with Gasteiger partial charge in [0.1, 0.15) is 11.5 Å². The van der Waals surface area contributed by atoms with Gasteiger partial charge in [-0.1, -0.05) is 6.08 Å². The van der Waals surface area contributed by atoms with Crippen LogP contribution < -0.4 is 16.0 Å². The van der Waals surface area contributed by atoms with Crippen LogP contribution in [0.5, 0.6) is 0 Å². The van der Waals surface area contributed by atoms with Gasteiger partial charge in [0.15, 0.2) is 5.65 Å². The molecule has 2 aromatic heterocycles. The second-order valence-electron chi connectivity index (χ2n) is 9.38. The summed E-state index contributed by atoms with van der Waals surface area (Å²) < 4.78 is 1.79. The van der Waals surface area contributed by atoms with Gasteiger partial charge >= 0.3 is 6.03 Å². The lowest BCUT2D eigenvalue weighted by molar-refractivity contribution is -0.115. The highest BCUT2D eigenvalue weighted by Gasteiger charge is 2.28. The first-order chi connectivity index (χ1) is 16.5. The molecule has 0 spiro atoms. The van der Waals surface area contributed by atoms with Gasteiger partial charge in [-0.3, -0.25) is 15.0 Å². The Morgan fingerprint density at radius 3 is 2.76 bits per heavy atom. The number of urea groups is 1. The van der Waals surface area contributed by atoms with Crippen molar-refractivity contribution in [3.63, 3.8) is 0 Å². The predicted molar refractivity (Wildman–Crippen MR) is 131 cm³/mol. The quantitative estimate of drug-likeness (QED) is 0.425. The van der Waals surface area contributed by atoms with E-state index < -0.39 is 11.9 Å². The summed E-state index contributed by atoms with van der Waals surface area (Å²) in [7, 11) is 2.18. The van der Waals surface area contributed by atoms with E-state index in [2.05, 4.69) is 50.0 Å². The first-order valence-corrected chi connectivity index (χ1v) is 12.7. The first-order valence-electron chi connectivity index (χ1n) is 11.8. The number of carbonyl (C=O) groups excluding carboxylic acids is 2. The van der Waals surface area contributed by atoms with Gasteiger partial charge in [0, 0.05) is 50.4 Å². The molecule has 1 saturated carbocycles. The zero-order valence-corrected chi connectivity index (χ0v) is 19.9. The number of fused-ring (bicyclic) bond motifs is 1. The maximum Gasteiger partial charge on any atom is 0.326 e. The van der Waals surface area contributed by atoms with Crippen LogP contribution in [0, 0.1) is 0 Å². The van der Waals surface area contributed by atoms with Crippen molar-refractivity contribution in [2.75, 3.05) is 45.1 Å². The second kappa shape index (κ2) is 8.71. The Labute approximate surface area is 201 Å². The fourth-order valence-corrected chi connectivity index (χ4v) is 5.72. The molecule has 2 saturated heterocycles. The molecule has 4 aliphatic rings. The zero-order valence-electron chi connectivity index (χ0n) is 19.1. The molecule has 3 aliphatic heterocycles. The molecule has 10 nitrogen and oxygen atoms in total. The molecule has 178 valence electrons. The molecule has 0 bridgehead atoms. The third-order valence-electron chi connectivity index (χ3n) is 6.63. The predicted octanol–water partition coefficient (Wildman–Crippen LogP) is 1.79. The number of amides is 3. The van der Waals surface area contributed by atoms with E-state index in [4.69, 9.17) is 4.98 Å². The maximum atomic E-state index is 12.0. The topological polar surface area (TPSA) is 107 Å². The van der Waals surface area contributed by atoms with Gasteiger partial charge in [-0.25, -0.2) is 9.78 Å². The van der Waals surface area contributed by atoms with Gasteiger partial charge in [0.25, 0.3) is 5.91 Å². The summed E-state index contributed by atoms with van der Waals surface area (Å²) in [5.41, 5.74) is 2.58. The number of aromatic nitrogens is 3. The molecule has 3 N–H and O–H groups in total. The largest absolute Gasteiger partial charge is 0.367 e. The van der Waals surface area contributed by atoms with Crippen molar-refractivity contribution in [2.24, 2.45) is 0 Å². The fraction of sp³-hybridized carbons (Fsp3) is 0.478. The van der Waals surface area contributed by atoms with E-state index in [1.165, 1.54) is 4.91 Å². The molecule has 3 amide bonds. The van der Waals surface area contributed by atoms with E-state index >= 15 is 0 Å². The minimum absolute atomic E-state index is 0.204.